The first-order valence-electron chi connectivity index (χ1n) is 7.35. The van der Waals surface area contributed by atoms with Crippen molar-refractivity contribution in [3.63, 3.8) is 0 Å². The third-order valence-corrected chi connectivity index (χ3v) is 4.31. The van der Waals surface area contributed by atoms with Gasteiger partial charge < -0.3 is 4.57 Å². The van der Waals surface area contributed by atoms with E-state index in [1.54, 1.807) is 0 Å². The summed E-state index contributed by atoms with van der Waals surface area (Å²) in [5.41, 5.74) is 3.82. The van der Waals surface area contributed by atoms with Crippen LogP contribution in [0.2, 0.25) is 0 Å². The van der Waals surface area contributed by atoms with Crippen LogP contribution in [0.15, 0.2) is 66.7 Å². The minimum atomic E-state index is 1.26. The molecule has 1 heterocycles. The maximum absolute atomic E-state index is 2.36. The van der Waals surface area contributed by atoms with Crippen molar-refractivity contribution in [2.45, 2.75) is 13.8 Å². The molecule has 0 saturated heterocycles. The summed E-state index contributed by atoms with van der Waals surface area (Å²) in [6, 6.07) is 21.8. The summed E-state index contributed by atoms with van der Waals surface area (Å²) in [5, 5.41) is 5.23. The van der Waals surface area contributed by atoms with Gasteiger partial charge in [-0.05, 0) is 42.8 Å². The molecule has 0 aliphatic rings. The summed E-state index contributed by atoms with van der Waals surface area (Å²) >= 11 is 0. The molecular formula is C20H17N. The topological polar surface area (TPSA) is 4.93 Å². The Labute approximate surface area is 124 Å². The van der Waals surface area contributed by atoms with E-state index in [4.69, 9.17) is 0 Å². The van der Waals surface area contributed by atoms with E-state index in [-0.39, 0.29) is 0 Å². The highest BCUT2D eigenvalue weighted by atomic mass is 15.0. The molecule has 0 radical (unpaired) electrons. The highest BCUT2D eigenvalue weighted by Gasteiger charge is 2.11. The fraction of sp³-hybridized carbons (Fsp3) is 0.100. The van der Waals surface area contributed by atoms with Crippen LogP contribution in [0.4, 0.5) is 0 Å². The molecule has 0 amide bonds. The van der Waals surface area contributed by atoms with Gasteiger partial charge in [-0.1, -0.05) is 48.5 Å². The summed E-state index contributed by atoms with van der Waals surface area (Å²) in [4.78, 5) is 0. The molecule has 0 unspecified atom stereocenters. The van der Waals surface area contributed by atoms with Gasteiger partial charge in [-0.2, -0.15) is 0 Å². The molecule has 1 nitrogen and oxygen atoms in total. The Bertz CT molecular complexity index is 1000. The van der Waals surface area contributed by atoms with Gasteiger partial charge in [0, 0.05) is 16.5 Å². The van der Waals surface area contributed by atoms with E-state index in [1.165, 1.54) is 38.3 Å². The van der Waals surface area contributed by atoms with Crippen molar-refractivity contribution in [3.05, 3.63) is 66.7 Å². The molecule has 0 aliphatic heterocycles. The molecular weight excluding hydrogens is 254 g/mol. The van der Waals surface area contributed by atoms with Crippen LogP contribution in [0.25, 0.3) is 38.3 Å². The van der Waals surface area contributed by atoms with Crippen molar-refractivity contribution in [2.75, 3.05) is 0 Å². The number of nitrogens with zero attached hydrogens (tertiary/aromatic N) is 1. The smallest absolute Gasteiger partial charge is 0.0543 e. The largest absolute Gasteiger partial charge is 0.314 e. The monoisotopic (exact) mass is 271 g/mol. The van der Waals surface area contributed by atoms with E-state index >= 15 is 0 Å². The fourth-order valence-electron chi connectivity index (χ4n) is 3.16. The zero-order chi connectivity index (χ0) is 14.4. The Morgan fingerprint density at radius 2 is 1.48 bits per heavy atom. The summed E-state index contributed by atoms with van der Waals surface area (Å²) in [7, 11) is 0. The van der Waals surface area contributed by atoms with Gasteiger partial charge in [0.2, 0.25) is 0 Å². The number of allylic oxidation sites excluding steroid dienone is 2. The highest BCUT2D eigenvalue weighted by molar-refractivity contribution is 6.14. The van der Waals surface area contributed by atoms with Crippen molar-refractivity contribution in [3.8, 4) is 0 Å². The fourth-order valence-corrected chi connectivity index (χ4v) is 3.16. The van der Waals surface area contributed by atoms with Gasteiger partial charge >= 0.3 is 0 Å². The second-order valence-electron chi connectivity index (χ2n) is 5.50. The van der Waals surface area contributed by atoms with Gasteiger partial charge in [-0.25, -0.2) is 0 Å². The maximum Gasteiger partial charge on any atom is 0.0543 e. The number of hydrogen-bond donors (Lipinski definition) is 0. The Morgan fingerprint density at radius 1 is 0.810 bits per heavy atom. The van der Waals surface area contributed by atoms with Crippen LogP contribution in [0.1, 0.15) is 13.8 Å². The van der Waals surface area contributed by atoms with Crippen LogP contribution in [0.3, 0.4) is 0 Å². The summed E-state index contributed by atoms with van der Waals surface area (Å²) in [6.07, 6.45) is 2.17. The van der Waals surface area contributed by atoms with Crippen LogP contribution < -0.4 is 0 Å². The second-order valence-corrected chi connectivity index (χ2v) is 5.50. The van der Waals surface area contributed by atoms with Crippen LogP contribution in [0.5, 0.6) is 0 Å². The molecule has 0 atom stereocenters. The highest BCUT2D eigenvalue weighted by Crippen LogP contribution is 2.34. The molecule has 3 aromatic carbocycles. The second kappa shape index (κ2) is 4.49. The Morgan fingerprint density at radius 3 is 2.24 bits per heavy atom. The molecule has 1 aromatic heterocycles. The quantitative estimate of drug-likeness (QED) is 0.410. The lowest BCUT2D eigenvalue weighted by atomic mass is 10.1. The minimum absolute atomic E-state index is 1.26. The Balaban J connectivity index is 2.29. The van der Waals surface area contributed by atoms with Crippen LogP contribution in [-0.4, -0.2) is 4.57 Å². The molecule has 0 bridgehead atoms. The molecule has 4 aromatic rings. The lowest BCUT2D eigenvalue weighted by Crippen LogP contribution is -1.92. The number of fused-ring (bicyclic) bond motifs is 4. The number of hydrogen-bond acceptors (Lipinski definition) is 0. The third kappa shape index (κ3) is 1.71. The molecule has 0 N–H and O–H groups in total. The number of aromatic nitrogens is 1. The van der Waals surface area contributed by atoms with Crippen molar-refractivity contribution in [1.82, 2.24) is 4.57 Å². The number of para-hydroxylation sites is 1. The average molecular weight is 271 g/mol. The lowest BCUT2D eigenvalue weighted by Gasteiger charge is -2.07. The van der Waals surface area contributed by atoms with Crippen LogP contribution in [-0.2, 0) is 0 Å². The van der Waals surface area contributed by atoms with Crippen LogP contribution >= 0.6 is 0 Å². The molecule has 0 aliphatic carbocycles. The van der Waals surface area contributed by atoms with Gasteiger partial charge in [0.05, 0.1) is 11.0 Å². The summed E-state index contributed by atoms with van der Waals surface area (Å²) in [5.74, 6) is 0. The molecule has 0 saturated carbocycles. The lowest BCUT2D eigenvalue weighted by molar-refractivity contribution is 1.20. The van der Waals surface area contributed by atoms with E-state index < -0.39 is 0 Å². The predicted molar refractivity (Wildman–Crippen MR) is 92.6 cm³/mol. The SMILES string of the molecule is C/C=C(\C)n1c2ccccc2c2cc3ccccc3cc21. The van der Waals surface area contributed by atoms with E-state index in [2.05, 4.69) is 85.2 Å². The summed E-state index contributed by atoms with van der Waals surface area (Å²) in [6.45, 7) is 4.26. The molecule has 1 heteroatoms. The van der Waals surface area contributed by atoms with Gasteiger partial charge in [-0.3, -0.25) is 0 Å². The predicted octanol–water partition coefficient (Wildman–Crippen LogP) is 5.83. The van der Waals surface area contributed by atoms with E-state index in [9.17, 15) is 0 Å². The van der Waals surface area contributed by atoms with Gasteiger partial charge in [0.25, 0.3) is 0 Å². The van der Waals surface area contributed by atoms with Gasteiger partial charge in [-0.15, -0.1) is 0 Å². The summed E-state index contributed by atoms with van der Waals surface area (Å²) < 4.78 is 2.36. The van der Waals surface area contributed by atoms with E-state index in [1.807, 2.05) is 0 Å². The average Bonchev–Trinajstić information content (AvgIpc) is 2.85. The number of benzene rings is 3. The third-order valence-electron chi connectivity index (χ3n) is 4.31. The van der Waals surface area contributed by atoms with Crippen molar-refractivity contribution in [2.24, 2.45) is 0 Å². The van der Waals surface area contributed by atoms with Gasteiger partial charge in [0.1, 0.15) is 0 Å². The standard InChI is InChI=1S/C20H17N/c1-3-14(2)21-19-11-7-6-10-17(19)18-12-15-8-4-5-9-16(15)13-20(18)21/h3-13H,1-2H3/b14-3+. The maximum atomic E-state index is 2.36. The van der Waals surface area contributed by atoms with Crippen LogP contribution in [0, 0.1) is 0 Å². The molecule has 4 rings (SSSR count). The first-order valence-corrected chi connectivity index (χ1v) is 7.35. The first-order chi connectivity index (χ1) is 10.3. The molecule has 102 valence electrons. The van der Waals surface area contributed by atoms with Crippen molar-refractivity contribution >= 4 is 38.3 Å². The minimum Gasteiger partial charge on any atom is -0.314 e. The molecule has 0 spiro atoms. The number of rotatable bonds is 1. The zero-order valence-electron chi connectivity index (χ0n) is 12.3. The molecule has 21 heavy (non-hydrogen) atoms. The molecule has 0 fully saturated rings. The van der Waals surface area contributed by atoms with Crippen molar-refractivity contribution < 1.29 is 0 Å². The van der Waals surface area contributed by atoms with Crippen molar-refractivity contribution in [1.29, 1.82) is 0 Å². The Kier molecular flexibility index (Phi) is 2.61. The van der Waals surface area contributed by atoms with E-state index in [0.29, 0.717) is 0 Å². The van der Waals surface area contributed by atoms with E-state index in [0.717, 1.165) is 0 Å². The zero-order valence-corrected chi connectivity index (χ0v) is 12.3. The Hall–Kier alpha value is -2.54. The normalized spacial score (nSPS) is 12.6. The van der Waals surface area contributed by atoms with Gasteiger partial charge in [0.15, 0.2) is 0 Å². The first kappa shape index (κ1) is 12.2.